The van der Waals surface area contributed by atoms with E-state index in [1.54, 1.807) is 24.3 Å². The van der Waals surface area contributed by atoms with Gasteiger partial charge in [-0.05, 0) is 30.5 Å². The summed E-state index contributed by atoms with van der Waals surface area (Å²) in [5.74, 6) is -0.776. The molecule has 1 fully saturated rings. The van der Waals surface area contributed by atoms with Gasteiger partial charge in [-0.15, -0.1) is 0 Å². The summed E-state index contributed by atoms with van der Waals surface area (Å²) in [7, 11) is 0. The molecule has 1 aliphatic rings. The highest BCUT2D eigenvalue weighted by Gasteiger charge is 2.51. The fourth-order valence-electron chi connectivity index (χ4n) is 2.48. The fraction of sp³-hybridized carbons (Fsp3) is 0.188. The largest absolute Gasteiger partial charge is 0.323 e. The Morgan fingerprint density at radius 2 is 1.77 bits per heavy atom. The van der Waals surface area contributed by atoms with Crippen molar-refractivity contribution in [2.75, 3.05) is 5.32 Å². The molecule has 1 amide bonds. The minimum absolute atomic E-state index is 0.0194. The van der Waals surface area contributed by atoms with Crippen LogP contribution in [0, 0.1) is 15.9 Å². The average molecular weight is 300 g/mol. The maximum absolute atomic E-state index is 13.6. The summed E-state index contributed by atoms with van der Waals surface area (Å²) in [5.41, 5.74) is 0.124. The molecule has 2 aromatic carbocycles. The van der Waals surface area contributed by atoms with Gasteiger partial charge in [0.05, 0.1) is 16.0 Å². The molecule has 5 nitrogen and oxygen atoms in total. The van der Waals surface area contributed by atoms with Crippen LogP contribution in [0.2, 0.25) is 0 Å². The van der Waals surface area contributed by atoms with Crippen molar-refractivity contribution in [3.63, 3.8) is 0 Å². The SMILES string of the molecule is O=C(Nc1ccccc1F)C1(c2ccc([N+](=O)[O-])cc2)CC1. The van der Waals surface area contributed by atoms with Crippen LogP contribution in [-0.4, -0.2) is 10.8 Å². The van der Waals surface area contributed by atoms with Crippen LogP contribution in [0.15, 0.2) is 48.5 Å². The van der Waals surface area contributed by atoms with Gasteiger partial charge in [0.25, 0.3) is 5.69 Å². The van der Waals surface area contributed by atoms with Crippen LogP contribution in [0.3, 0.4) is 0 Å². The first kappa shape index (κ1) is 14.2. The molecule has 3 rings (SSSR count). The maximum atomic E-state index is 13.6. The van der Waals surface area contributed by atoms with Gasteiger partial charge in [0.15, 0.2) is 0 Å². The molecule has 112 valence electrons. The molecule has 1 aliphatic carbocycles. The van der Waals surface area contributed by atoms with Gasteiger partial charge in [0.2, 0.25) is 5.91 Å². The van der Waals surface area contributed by atoms with Gasteiger partial charge in [0, 0.05) is 12.1 Å². The lowest BCUT2D eigenvalue weighted by Gasteiger charge is -2.16. The third-order valence-corrected chi connectivity index (χ3v) is 3.94. The predicted octanol–water partition coefficient (Wildman–Crippen LogP) is 3.40. The van der Waals surface area contributed by atoms with Crippen LogP contribution in [0.1, 0.15) is 18.4 Å². The van der Waals surface area contributed by atoms with Gasteiger partial charge in [0.1, 0.15) is 5.82 Å². The van der Waals surface area contributed by atoms with Crippen LogP contribution in [0.4, 0.5) is 15.8 Å². The molecule has 6 heteroatoms. The van der Waals surface area contributed by atoms with Gasteiger partial charge in [-0.25, -0.2) is 4.39 Å². The van der Waals surface area contributed by atoms with Crippen molar-refractivity contribution in [3.8, 4) is 0 Å². The Kier molecular flexibility index (Phi) is 3.36. The number of hydrogen-bond donors (Lipinski definition) is 1. The second-order valence-electron chi connectivity index (χ2n) is 5.32. The first-order valence-corrected chi connectivity index (χ1v) is 6.84. The van der Waals surface area contributed by atoms with E-state index < -0.39 is 16.2 Å². The number of halogens is 1. The zero-order valence-electron chi connectivity index (χ0n) is 11.6. The van der Waals surface area contributed by atoms with E-state index in [0.29, 0.717) is 18.4 Å². The van der Waals surface area contributed by atoms with Crippen molar-refractivity contribution in [2.24, 2.45) is 0 Å². The molecular weight excluding hydrogens is 287 g/mol. The molecule has 0 atom stereocenters. The zero-order chi connectivity index (χ0) is 15.7. The van der Waals surface area contributed by atoms with Gasteiger partial charge in [-0.1, -0.05) is 24.3 Å². The number of carbonyl (C=O) groups excluding carboxylic acids is 1. The number of anilines is 1. The average Bonchev–Trinajstić information content (AvgIpc) is 3.31. The lowest BCUT2D eigenvalue weighted by molar-refractivity contribution is -0.384. The summed E-state index contributed by atoms with van der Waals surface area (Å²) in [6, 6.07) is 11.9. The Labute approximate surface area is 125 Å². The number of nitro benzene ring substituents is 1. The van der Waals surface area contributed by atoms with E-state index in [4.69, 9.17) is 0 Å². The smallest absolute Gasteiger partial charge is 0.269 e. The van der Waals surface area contributed by atoms with E-state index in [-0.39, 0.29) is 17.3 Å². The third-order valence-electron chi connectivity index (χ3n) is 3.94. The van der Waals surface area contributed by atoms with Gasteiger partial charge >= 0.3 is 0 Å². The number of nitrogens with one attached hydrogen (secondary N) is 1. The number of carbonyl (C=O) groups is 1. The molecule has 0 unspecified atom stereocenters. The van der Waals surface area contributed by atoms with Crippen LogP contribution in [0.5, 0.6) is 0 Å². The first-order valence-electron chi connectivity index (χ1n) is 6.84. The second kappa shape index (κ2) is 5.22. The minimum atomic E-state index is -0.711. The summed E-state index contributed by atoms with van der Waals surface area (Å²) in [5, 5.41) is 13.3. The van der Waals surface area contributed by atoms with Crippen molar-refractivity contribution in [3.05, 3.63) is 70.0 Å². The monoisotopic (exact) mass is 300 g/mol. The van der Waals surface area contributed by atoms with E-state index >= 15 is 0 Å². The number of para-hydroxylation sites is 1. The number of amides is 1. The maximum Gasteiger partial charge on any atom is 0.269 e. The molecule has 0 spiro atoms. The number of rotatable bonds is 4. The highest BCUT2D eigenvalue weighted by Crippen LogP contribution is 2.49. The molecule has 0 radical (unpaired) electrons. The quantitative estimate of drug-likeness (QED) is 0.694. The summed E-state index contributed by atoms with van der Waals surface area (Å²) < 4.78 is 13.6. The molecular formula is C16H13FN2O3. The van der Waals surface area contributed by atoms with E-state index in [2.05, 4.69) is 5.32 Å². The molecule has 1 saturated carbocycles. The van der Waals surface area contributed by atoms with E-state index in [1.165, 1.54) is 24.3 Å². The highest BCUT2D eigenvalue weighted by molar-refractivity contribution is 6.01. The van der Waals surface area contributed by atoms with Gasteiger partial charge in [-0.2, -0.15) is 0 Å². The van der Waals surface area contributed by atoms with Crippen molar-refractivity contribution >= 4 is 17.3 Å². The number of nitro groups is 1. The molecule has 22 heavy (non-hydrogen) atoms. The van der Waals surface area contributed by atoms with Crippen molar-refractivity contribution in [1.82, 2.24) is 0 Å². The van der Waals surface area contributed by atoms with E-state index in [0.717, 1.165) is 0 Å². The summed E-state index contributed by atoms with van der Waals surface area (Å²) >= 11 is 0. The highest BCUT2D eigenvalue weighted by atomic mass is 19.1. The second-order valence-corrected chi connectivity index (χ2v) is 5.32. The molecule has 0 saturated heterocycles. The van der Waals surface area contributed by atoms with Crippen molar-refractivity contribution < 1.29 is 14.1 Å². The van der Waals surface area contributed by atoms with Crippen LogP contribution in [0.25, 0.3) is 0 Å². The van der Waals surface area contributed by atoms with E-state index in [9.17, 15) is 19.3 Å². The number of hydrogen-bond acceptors (Lipinski definition) is 3. The van der Waals surface area contributed by atoms with Crippen LogP contribution < -0.4 is 5.32 Å². The zero-order valence-corrected chi connectivity index (χ0v) is 11.6. The molecule has 2 aromatic rings. The number of non-ortho nitro benzene ring substituents is 1. The Hall–Kier alpha value is -2.76. The van der Waals surface area contributed by atoms with Crippen molar-refractivity contribution in [2.45, 2.75) is 18.3 Å². The van der Waals surface area contributed by atoms with Gasteiger partial charge < -0.3 is 5.32 Å². The summed E-state index contributed by atoms with van der Waals surface area (Å²) in [6.45, 7) is 0. The molecule has 0 aromatic heterocycles. The Morgan fingerprint density at radius 3 is 2.32 bits per heavy atom. The fourth-order valence-corrected chi connectivity index (χ4v) is 2.48. The third kappa shape index (κ3) is 2.43. The van der Waals surface area contributed by atoms with Gasteiger partial charge in [-0.3, -0.25) is 14.9 Å². The Bertz CT molecular complexity index is 739. The van der Waals surface area contributed by atoms with E-state index in [1.807, 2.05) is 0 Å². The Morgan fingerprint density at radius 1 is 1.14 bits per heavy atom. The lowest BCUT2D eigenvalue weighted by Crippen LogP contribution is -2.28. The number of benzene rings is 2. The minimum Gasteiger partial charge on any atom is -0.323 e. The molecule has 0 bridgehead atoms. The molecule has 0 heterocycles. The molecule has 1 N–H and O–H groups in total. The Balaban J connectivity index is 1.82. The summed E-state index contributed by atoms with van der Waals surface area (Å²) in [4.78, 5) is 22.6. The van der Waals surface area contributed by atoms with Crippen LogP contribution in [-0.2, 0) is 10.2 Å². The van der Waals surface area contributed by atoms with Crippen molar-refractivity contribution in [1.29, 1.82) is 0 Å². The topological polar surface area (TPSA) is 72.2 Å². The standard InChI is InChI=1S/C16H13FN2O3/c17-13-3-1-2-4-14(13)18-15(20)16(9-10-16)11-5-7-12(8-6-11)19(21)22/h1-8H,9-10H2,(H,18,20). The number of nitrogens with zero attached hydrogens (tertiary/aromatic N) is 1. The predicted molar refractivity (Wildman–Crippen MR) is 79.0 cm³/mol. The molecule has 0 aliphatic heterocycles. The first-order chi connectivity index (χ1) is 10.5. The lowest BCUT2D eigenvalue weighted by atomic mass is 9.94. The van der Waals surface area contributed by atoms with Crippen LogP contribution >= 0.6 is 0 Å². The summed E-state index contributed by atoms with van der Waals surface area (Å²) in [6.07, 6.45) is 1.29. The normalized spacial score (nSPS) is 15.1.